The predicted octanol–water partition coefficient (Wildman–Crippen LogP) is 2.35. The van der Waals surface area contributed by atoms with Gasteiger partial charge in [-0.15, -0.1) is 47.2 Å². The number of aryl methyl sites for hydroxylation is 2. The van der Waals surface area contributed by atoms with Crippen molar-refractivity contribution in [3.8, 4) is 6.07 Å². The van der Waals surface area contributed by atoms with Crippen molar-refractivity contribution in [1.82, 2.24) is 9.97 Å². The van der Waals surface area contributed by atoms with E-state index in [1.54, 1.807) is 30.2 Å². The number of nitrogens with zero attached hydrogens (tertiary/aromatic N) is 3. The molecule has 1 heterocycles. The Kier molecular flexibility index (Phi) is 12.3. The van der Waals surface area contributed by atoms with Gasteiger partial charge in [0.25, 0.3) is 0 Å². The Morgan fingerprint density at radius 3 is 2.57 bits per heavy atom. The zero-order valence-corrected chi connectivity index (χ0v) is 22.1. The molecule has 3 rings (SSSR count). The van der Waals surface area contributed by atoms with E-state index in [1.807, 2.05) is 19.1 Å². The fraction of sp³-hybridized carbons (Fsp3) is 0.208. The predicted molar refractivity (Wildman–Crippen MR) is 121 cm³/mol. The van der Waals surface area contributed by atoms with Crippen LogP contribution in [0.5, 0.6) is 0 Å². The maximum Gasteiger partial charge on any atom is 1.00 e. The van der Waals surface area contributed by atoms with Gasteiger partial charge in [0.1, 0.15) is 0 Å². The monoisotopic (exact) mass is 440 g/mol. The number of nitriles is 1. The number of aromatic nitrogens is 2. The summed E-state index contributed by atoms with van der Waals surface area (Å²) in [6.07, 6.45) is 4.27. The summed E-state index contributed by atoms with van der Waals surface area (Å²) in [7, 11) is 0. The van der Waals surface area contributed by atoms with Crippen LogP contribution in [0.2, 0.25) is 0 Å². The van der Waals surface area contributed by atoms with Gasteiger partial charge >= 0.3 is 51.4 Å². The molecule has 0 aliphatic heterocycles. The molecule has 0 saturated heterocycles. The van der Waals surface area contributed by atoms with Gasteiger partial charge in [-0.3, -0.25) is 10.2 Å². The van der Waals surface area contributed by atoms with Crippen molar-refractivity contribution in [3.63, 3.8) is 0 Å². The molecule has 1 N–H and O–H groups in total. The fourth-order valence-electron chi connectivity index (χ4n) is 2.62. The van der Waals surface area contributed by atoms with Crippen LogP contribution in [0.4, 0.5) is 5.82 Å². The molecule has 0 aliphatic rings. The third-order valence-electron chi connectivity index (χ3n) is 4.28. The molecule has 0 saturated carbocycles. The van der Waals surface area contributed by atoms with E-state index < -0.39 is 0 Å². The molecular formula is C24H25KN4S-2. The molecule has 0 atom stereocenters. The van der Waals surface area contributed by atoms with Crippen LogP contribution >= 0.6 is 11.8 Å². The molecule has 0 aliphatic carbocycles. The van der Waals surface area contributed by atoms with Crippen molar-refractivity contribution >= 4 is 17.6 Å². The van der Waals surface area contributed by atoms with Crippen LogP contribution in [0.1, 0.15) is 33.5 Å². The molecular weight excluding hydrogens is 415 g/mol. The molecule has 3 aromatic rings. The van der Waals surface area contributed by atoms with Gasteiger partial charge in [-0.1, -0.05) is 30.3 Å². The van der Waals surface area contributed by atoms with E-state index in [4.69, 9.17) is 5.26 Å². The normalized spacial score (nSPS) is 9.57. The maximum absolute atomic E-state index is 8.38. The summed E-state index contributed by atoms with van der Waals surface area (Å²) in [5.74, 6) is 0.782. The van der Waals surface area contributed by atoms with Crippen LogP contribution < -0.4 is 56.7 Å². The van der Waals surface area contributed by atoms with Crippen LogP contribution in [-0.2, 0) is 13.0 Å². The molecule has 150 valence electrons. The third kappa shape index (κ3) is 8.07. The van der Waals surface area contributed by atoms with Crippen LogP contribution in [0.25, 0.3) is 0 Å². The first-order valence-corrected chi connectivity index (χ1v) is 10.4. The number of thioether (sulfide) groups is 1. The standard InChI is InChI=1S/C16H19N3S.C8H6N.K/c1-5-14-12(3)16(19-10-18-14)17-9-13-7-6-11(2)15(8-13)20-4;1-7-3-2-4-8(5-7)6-9;/h6-8,10H,1,3,5,9H2,2,4H3,(H,17,18,19);2-3,5H,1H3;/q-2;-1;+1. The van der Waals surface area contributed by atoms with Gasteiger partial charge in [0.2, 0.25) is 0 Å². The number of nitrogens with one attached hydrogen (secondary N) is 1. The number of hydrogen-bond donors (Lipinski definition) is 1. The minimum atomic E-state index is 0. The van der Waals surface area contributed by atoms with Gasteiger partial charge in [-0.05, 0) is 36.4 Å². The topological polar surface area (TPSA) is 61.6 Å². The second-order valence-electron chi connectivity index (χ2n) is 6.45. The summed E-state index contributed by atoms with van der Waals surface area (Å²) in [6.45, 7) is 12.7. The summed E-state index contributed by atoms with van der Waals surface area (Å²) in [4.78, 5) is 9.72. The quantitative estimate of drug-likeness (QED) is 0.375. The van der Waals surface area contributed by atoms with Gasteiger partial charge in [0.05, 0.1) is 6.33 Å². The summed E-state index contributed by atoms with van der Waals surface area (Å²) in [5.41, 5.74) is 5.96. The first-order chi connectivity index (χ1) is 14.0. The van der Waals surface area contributed by atoms with Gasteiger partial charge in [-0.25, -0.2) is 0 Å². The Labute approximate surface area is 227 Å². The number of anilines is 1. The van der Waals surface area contributed by atoms with Crippen molar-refractivity contribution in [2.75, 3.05) is 11.6 Å². The molecule has 0 unspecified atom stereocenters. The van der Waals surface area contributed by atoms with Crippen molar-refractivity contribution < 1.29 is 51.4 Å². The minimum Gasteiger partial charge on any atom is -0.417 e. The molecule has 0 fully saturated rings. The molecule has 6 heteroatoms. The molecule has 0 bridgehead atoms. The Morgan fingerprint density at radius 2 is 1.97 bits per heavy atom. The molecule has 2 aromatic carbocycles. The van der Waals surface area contributed by atoms with E-state index in [2.05, 4.69) is 66.6 Å². The molecule has 1 aromatic heterocycles. The Bertz CT molecular complexity index is 999. The summed E-state index contributed by atoms with van der Waals surface area (Å²) in [6, 6.07) is 16.8. The summed E-state index contributed by atoms with van der Waals surface area (Å²) < 4.78 is 0. The van der Waals surface area contributed by atoms with Crippen molar-refractivity contribution in [3.05, 3.63) is 96.2 Å². The van der Waals surface area contributed by atoms with Crippen molar-refractivity contribution in [1.29, 1.82) is 5.26 Å². The van der Waals surface area contributed by atoms with E-state index in [0.29, 0.717) is 12.0 Å². The average molecular weight is 441 g/mol. The Hall–Kier alpha value is -1.33. The zero-order chi connectivity index (χ0) is 21.2. The van der Waals surface area contributed by atoms with E-state index in [-0.39, 0.29) is 51.4 Å². The smallest absolute Gasteiger partial charge is 0.417 e. The molecule has 0 amide bonds. The third-order valence-corrected chi connectivity index (χ3v) is 5.16. The molecule has 30 heavy (non-hydrogen) atoms. The van der Waals surface area contributed by atoms with Crippen molar-refractivity contribution in [2.24, 2.45) is 0 Å². The Morgan fingerprint density at radius 1 is 1.20 bits per heavy atom. The second-order valence-corrected chi connectivity index (χ2v) is 7.29. The van der Waals surface area contributed by atoms with Crippen LogP contribution in [0.3, 0.4) is 0 Å². The van der Waals surface area contributed by atoms with Crippen LogP contribution in [0.15, 0.2) is 47.6 Å². The van der Waals surface area contributed by atoms with Crippen LogP contribution in [-0.4, -0.2) is 16.2 Å². The maximum atomic E-state index is 8.38. The largest absolute Gasteiger partial charge is 1.00 e. The van der Waals surface area contributed by atoms with E-state index in [0.717, 1.165) is 29.2 Å². The SMILES string of the molecule is Cc1cc[c-]c(C#N)c1.[CH2-]Cc1ncnc(NCc2ccc(C)c(SC)c2)c1[CH2-].[K+]. The average Bonchev–Trinajstić information content (AvgIpc) is 2.74. The second kappa shape index (κ2) is 13.9. The minimum absolute atomic E-state index is 0. The van der Waals surface area contributed by atoms with Crippen LogP contribution in [0, 0.1) is 45.1 Å². The van der Waals surface area contributed by atoms with Gasteiger partial charge in [0, 0.05) is 17.3 Å². The first kappa shape index (κ1) is 26.7. The summed E-state index contributed by atoms with van der Waals surface area (Å²) >= 11 is 1.77. The molecule has 0 radical (unpaired) electrons. The number of rotatable bonds is 5. The van der Waals surface area contributed by atoms with Crippen molar-refractivity contribution in [2.45, 2.75) is 31.7 Å². The summed E-state index contributed by atoms with van der Waals surface area (Å²) in [5, 5.41) is 11.7. The number of benzene rings is 2. The molecule has 0 spiro atoms. The van der Waals surface area contributed by atoms with E-state index in [9.17, 15) is 0 Å². The number of hydrogen-bond acceptors (Lipinski definition) is 5. The first-order valence-electron chi connectivity index (χ1n) is 9.19. The van der Waals surface area contributed by atoms with E-state index in [1.165, 1.54) is 16.0 Å². The van der Waals surface area contributed by atoms with Gasteiger partial charge < -0.3 is 17.2 Å². The Balaban J connectivity index is 0.000000379. The fourth-order valence-corrected chi connectivity index (χ4v) is 3.28. The van der Waals surface area contributed by atoms with Gasteiger partial charge in [0.15, 0.2) is 0 Å². The zero-order valence-electron chi connectivity index (χ0n) is 18.1. The van der Waals surface area contributed by atoms with Gasteiger partial charge in [-0.2, -0.15) is 13.3 Å². The molecule has 4 nitrogen and oxygen atoms in total. The van der Waals surface area contributed by atoms with E-state index >= 15 is 0 Å².